The van der Waals surface area contributed by atoms with Crippen molar-refractivity contribution in [1.29, 1.82) is 0 Å². The molecule has 0 aliphatic heterocycles. The fraction of sp³-hybridized carbons (Fsp3) is 0. The van der Waals surface area contributed by atoms with E-state index in [2.05, 4.69) is 10.1 Å². The number of hydrogen-bond acceptors (Lipinski definition) is 3. The predicted octanol–water partition coefficient (Wildman–Crippen LogP) is 6.52. The molecular formula is C23H14Cl3N3O2. The maximum Gasteiger partial charge on any atom is 0.336 e. The zero-order chi connectivity index (χ0) is 22.0. The number of carboxylic acids is 1. The molecule has 2 heterocycles. The number of pyridine rings is 1. The molecule has 154 valence electrons. The van der Waals surface area contributed by atoms with E-state index in [1.807, 2.05) is 12.1 Å². The molecule has 5 nitrogen and oxygen atoms in total. The van der Waals surface area contributed by atoms with Crippen LogP contribution in [0.1, 0.15) is 11.3 Å². The Labute approximate surface area is 193 Å². The molecule has 2 aromatic carbocycles. The summed E-state index contributed by atoms with van der Waals surface area (Å²) < 4.78 is 1.63. The largest absolute Gasteiger partial charge is 0.478 e. The van der Waals surface area contributed by atoms with Gasteiger partial charge in [-0.3, -0.25) is 0 Å². The van der Waals surface area contributed by atoms with Crippen LogP contribution < -0.4 is 0 Å². The summed E-state index contributed by atoms with van der Waals surface area (Å²) in [5, 5.41) is 15.6. The first-order chi connectivity index (χ1) is 14.9. The second-order valence-electron chi connectivity index (χ2n) is 6.56. The summed E-state index contributed by atoms with van der Waals surface area (Å²) in [6.07, 6.45) is 3.15. The van der Waals surface area contributed by atoms with Crippen molar-refractivity contribution in [3.63, 3.8) is 0 Å². The quantitative estimate of drug-likeness (QED) is 0.337. The fourth-order valence-corrected chi connectivity index (χ4v) is 3.55. The highest BCUT2D eigenvalue weighted by atomic mass is 35.5. The Bertz CT molecular complexity index is 1300. The van der Waals surface area contributed by atoms with E-state index in [1.165, 1.54) is 6.08 Å². The van der Waals surface area contributed by atoms with Crippen molar-refractivity contribution >= 4 is 52.4 Å². The lowest BCUT2D eigenvalue weighted by molar-refractivity contribution is -0.130. The van der Waals surface area contributed by atoms with Crippen molar-refractivity contribution in [1.82, 2.24) is 14.8 Å². The highest BCUT2D eigenvalue weighted by Gasteiger charge is 2.16. The molecule has 0 radical (unpaired) electrons. The summed E-state index contributed by atoms with van der Waals surface area (Å²) in [6.45, 7) is 0. The minimum Gasteiger partial charge on any atom is -0.478 e. The Morgan fingerprint density at radius 3 is 2.45 bits per heavy atom. The number of carbonyl (C=O) groups is 1. The molecule has 4 aromatic rings. The van der Waals surface area contributed by atoms with Gasteiger partial charge in [0.25, 0.3) is 0 Å². The van der Waals surface area contributed by atoms with Crippen LogP contribution in [0.4, 0.5) is 0 Å². The number of benzene rings is 2. The SMILES string of the molecule is O=C(O)C(=Cc1cc(-c2ccc(Cl)c(Cl)c2)n(-c2ccccn2)n1)c1cccc(Cl)c1. The third kappa shape index (κ3) is 4.64. The van der Waals surface area contributed by atoms with Crippen LogP contribution in [0.5, 0.6) is 0 Å². The molecule has 0 unspecified atom stereocenters. The molecule has 0 saturated heterocycles. The van der Waals surface area contributed by atoms with Gasteiger partial charge in [-0.05, 0) is 54.1 Å². The summed E-state index contributed by atoms with van der Waals surface area (Å²) in [4.78, 5) is 16.3. The van der Waals surface area contributed by atoms with Gasteiger partial charge in [-0.25, -0.2) is 14.5 Å². The molecule has 0 aliphatic rings. The lowest BCUT2D eigenvalue weighted by Gasteiger charge is -2.07. The number of halogens is 3. The number of nitrogens with zero attached hydrogens (tertiary/aromatic N) is 3. The van der Waals surface area contributed by atoms with E-state index < -0.39 is 5.97 Å². The summed E-state index contributed by atoms with van der Waals surface area (Å²) in [5.41, 5.74) is 2.41. The zero-order valence-corrected chi connectivity index (χ0v) is 18.1. The zero-order valence-electron chi connectivity index (χ0n) is 15.8. The molecule has 0 amide bonds. The monoisotopic (exact) mass is 469 g/mol. The first-order valence-corrected chi connectivity index (χ1v) is 10.2. The molecular weight excluding hydrogens is 457 g/mol. The molecule has 8 heteroatoms. The van der Waals surface area contributed by atoms with Gasteiger partial charge < -0.3 is 5.11 Å². The van der Waals surface area contributed by atoms with E-state index in [0.29, 0.717) is 37.8 Å². The number of hydrogen-bond donors (Lipinski definition) is 1. The van der Waals surface area contributed by atoms with Gasteiger partial charge >= 0.3 is 5.97 Å². The Balaban J connectivity index is 1.89. The average molecular weight is 471 g/mol. The van der Waals surface area contributed by atoms with E-state index in [0.717, 1.165) is 5.56 Å². The average Bonchev–Trinajstić information content (AvgIpc) is 3.18. The predicted molar refractivity (Wildman–Crippen MR) is 124 cm³/mol. The van der Waals surface area contributed by atoms with Crippen LogP contribution in [0.3, 0.4) is 0 Å². The Kier molecular flexibility index (Phi) is 6.09. The van der Waals surface area contributed by atoms with Crippen molar-refractivity contribution in [3.05, 3.63) is 99.3 Å². The van der Waals surface area contributed by atoms with Gasteiger partial charge in [-0.1, -0.05) is 59.1 Å². The summed E-state index contributed by atoms with van der Waals surface area (Å²) in [5.74, 6) is -0.520. The maximum absolute atomic E-state index is 11.9. The Hall–Kier alpha value is -3.12. The molecule has 4 rings (SSSR count). The van der Waals surface area contributed by atoms with Gasteiger partial charge in [0.2, 0.25) is 0 Å². The number of carboxylic acid groups (broad SMARTS) is 1. The minimum atomic E-state index is -1.09. The van der Waals surface area contributed by atoms with Crippen LogP contribution in [0.2, 0.25) is 15.1 Å². The first kappa shape index (κ1) is 21.1. The van der Waals surface area contributed by atoms with Crippen LogP contribution in [-0.2, 0) is 4.79 Å². The van der Waals surface area contributed by atoms with E-state index in [-0.39, 0.29) is 5.57 Å². The lowest BCUT2D eigenvalue weighted by atomic mass is 10.0. The van der Waals surface area contributed by atoms with Crippen LogP contribution in [0.25, 0.3) is 28.7 Å². The third-order valence-electron chi connectivity index (χ3n) is 4.47. The van der Waals surface area contributed by atoms with Crippen LogP contribution in [0, 0.1) is 0 Å². The first-order valence-electron chi connectivity index (χ1n) is 9.10. The summed E-state index contributed by atoms with van der Waals surface area (Å²) >= 11 is 18.3. The minimum absolute atomic E-state index is 0.0638. The molecule has 2 aromatic heterocycles. The topological polar surface area (TPSA) is 68.0 Å². The van der Waals surface area contributed by atoms with Crippen molar-refractivity contribution in [2.75, 3.05) is 0 Å². The molecule has 0 atom stereocenters. The molecule has 31 heavy (non-hydrogen) atoms. The van der Waals surface area contributed by atoms with E-state index >= 15 is 0 Å². The fourth-order valence-electron chi connectivity index (χ4n) is 3.06. The highest BCUT2D eigenvalue weighted by molar-refractivity contribution is 6.42. The molecule has 0 fully saturated rings. The van der Waals surface area contributed by atoms with Crippen molar-refractivity contribution in [2.45, 2.75) is 0 Å². The van der Waals surface area contributed by atoms with Gasteiger partial charge in [0.1, 0.15) is 0 Å². The molecule has 0 spiro atoms. The van der Waals surface area contributed by atoms with Crippen LogP contribution in [0.15, 0.2) is 72.9 Å². The summed E-state index contributed by atoms with van der Waals surface area (Å²) in [7, 11) is 0. The molecule has 1 N–H and O–H groups in total. The summed E-state index contributed by atoms with van der Waals surface area (Å²) in [6, 6.07) is 19.1. The van der Waals surface area contributed by atoms with Crippen LogP contribution >= 0.6 is 34.8 Å². The lowest BCUT2D eigenvalue weighted by Crippen LogP contribution is -2.02. The molecule has 0 aliphatic carbocycles. The van der Waals surface area contributed by atoms with Gasteiger partial charge in [0, 0.05) is 16.8 Å². The smallest absolute Gasteiger partial charge is 0.336 e. The number of aromatic nitrogens is 3. The van der Waals surface area contributed by atoms with E-state index in [9.17, 15) is 9.90 Å². The Morgan fingerprint density at radius 2 is 1.77 bits per heavy atom. The second-order valence-corrected chi connectivity index (χ2v) is 7.81. The second kappa shape index (κ2) is 8.94. The van der Waals surface area contributed by atoms with Gasteiger partial charge in [0.05, 0.1) is 27.0 Å². The standard InChI is InChI=1S/C23H14Cl3N3O2/c24-16-5-3-4-14(10-16)18(23(30)31)12-17-13-21(15-7-8-19(25)20(26)11-15)29(28-17)22-6-1-2-9-27-22/h1-13H,(H,30,31). The van der Waals surface area contributed by atoms with Crippen LogP contribution in [-0.4, -0.2) is 25.8 Å². The van der Waals surface area contributed by atoms with Gasteiger partial charge in [-0.15, -0.1) is 0 Å². The van der Waals surface area contributed by atoms with Crippen molar-refractivity contribution in [3.8, 4) is 17.1 Å². The number of rotatable bonds is 5. The normalized spacial score (nSPS) is 11.5. The third-order valence-corrected chi connectivity index (χ3v) is 5.44. The Morgan fingerprint density at radius 1 is 0.935 bits per heavy atom. The molecule has 0 saturated carbocycles. The number of aliphatic carboxylic acids is 1. The van der Waals surface area contributed by atoms with E-state index in [4.69, 9.17) is 34.8 Å². The van der Waals surface area contributed by atoms with Gasteiger partial charge in [-0.2, -0.15) is 5.10 Å². The molecule has 0 bridgehead atoms. The van der Waals surface area contributed by atoms with Crippen molar-refractivity contribution < 1.29 is 9.90 Å². The highest BCUT2D eigenvalue weighted by Crippen LogP contribution is 2.31. The van der Waals surface area contributed by atoms with E-state index in [1.54, 1.807) is 65.5 Å². The maximum atomic E-state index is 11.9. The van der Waals surface area contributed by atoms with Crippen molar-refractivity contribution in [2.24, 2.45) is 0 Å². The van der Waals surface area contributed by atoms with Gasteiger partial charge in [0.15, 0.2) is 5.82 Å².